The van der Waals surface area contributed by atoms with Gasteiger partial charge in [0.05, 0.1) is 23.7 Å². The Labute approximate surface area is 105 Å². The zero-order valence-electron chi connectivity index (χ0n) is 10.6. The highest BCUT2D eigenvalue weighted by Crippen LogP contribution is 2.09. The minimum absolute atomic E-state index is 0.0877. The number of hydrogen-bond donors (Lipinski definition) is 0. The summed E-state index contributed by atoms with van der Waals surface area (Å²) < 4.78 is 0. The third-order valence-electron chi connectivity index (χ3n) is 2.30. The lowest BCUT2D eigenvalue weighted by molar-refractivity contribution is -0.137. The molecule has 1 aromatic heterocycles. The van der Waals surface area contributed by atoms with E-state index in [4.69, 9.17) is 0 Å². The van der Waals surface area contributed by atoms with Gasteiger partial charge in [-0.25, -0.2) is 4.98 Å². The Hall–Kier alpha value is -1.43. The summed E-state index contributed by atoms with van der Waals surface area (Å²) >= 11 is 1.52. The molecule has 2 amide bonds. The highest BCUT2D eigenvalue weighted by atomic mass is 32.1. The van der Waals surface area contributed by atoms with Crippen LogP contribution in [0.3, 0.4) is 0 Å². The molecule has 1 rings (SSSR count). The van der Waals surface area contributed by atoms with Crippen molar-refractivity contribution in [3.05, 3.63) is 16.1 Å². The van der Waals surface area contributed by atoms with Crippen molar-refractivity contribution in [2.45, 2.75) is 13.3 Å². The number of rotatable bonds is 4. The molecule has 0 atom stereocenters. The maximum atomic E-state index is 11.8. The van der Waals surface area contributed by atoms with Crippen molar-refractivity contribution in [1.29, 1.82) is 0 Å². The van der Waals surface area contributed by atoms with Crippen LogP contribution in [0.5, 0.6) is 0 Å². The average Bonchev–Trinajstić information content (AvgIpc) is 2.63. The van der Waals surface area contributed by atoms with Crippen molar-refractivity contribution < 1.29 is 9.59 Å². The van der Waals surface area contributed by atoms with Gasteiger partial charge in [-0.05, 0) is 6.92 Å². The van der Waals surface area contributed by atoms with Crippen molar-refractivity contribution in [1.82, 2.24) is 14.8 Å². The molecule has 5 nitrogen and oxygen atoms in total. The minimum atomic E-state index is -0.0921. The summed E-state index contributed by atoms with van der Waals surface area (Å²) in [4.78, 5) is 30.4. The van der Waals surface area contributed by atoms with Crippen LogP contribution in [-0.4, -0.2) is 54.3 Å². The molecule has 0 saturated carbocycles. The Bertz CT molecular complexity index is 415. The van der Waals surface area contributed by atoms with Crippen molar-refractivity contribution in [2.24, 2.45) is 0 Å². The quantitative estimate of drug-likeness (QED) is 0.789. The Kier molecular flexibility index (Phi) is 4.62. The number of amides is 2. The molecular formula is C11H17N3O2S. The predicted molar refractivity (Wildman–Crippen MR) is 66.9 cm³/mol. The number of aromatic nitrogens is 1. The number of carbonyl (C=O) groups excluding carboxylic acids is 2. The van der Waals surface area contributed by atoms with Gasteiger partial charge in [0.15, 0.2) is 0 Å². The smallest absolute Gasteiger partial charge is 0.241 e. The van der Waals surface area contributed by atoms with Crippen LogP contribution in [-0.2, 0) is 16.0 Å². The number of thiazole rings is 1. The second-order valence-corrected chi connectivity index (χ2v) is 5.13. The fourth-order valence-corrected chi connectivity index (χ4v) is 1.82. The number of aryl methyl sites for hydroxylation is 1. The first-order chi connectivity index (χ1) is 7.90. The van der Waals surface area contributed by atoms with Gasteiger partial charge in [0, 0.05) is 26.5 Å². The first kappa shape index (κ1) is 13.6. The van der Waals surface area contributed by atoms with Gasteiger partial charge >= 0.3 is 0 Å². The van der Waals surface area contributed by atoms with Gasteiger partial charge in [-0.1, -0.05) is 0 Å². The molecule has 0 aliphatic heterocycles. The lowest BCUT2D eigenvalue weighted by atomic mass is 10.3. The lowest BCUT2D eigenvalue weighted by Gasteiger charge is -2.18. The topological polar surface area (TPSA) is 53.5 Å². The lowest BCUT2D eigenvalue weighted by Crippen LogP contribution is -2.38. The van der Waals surface area contributed by atoms with E-state index in [0.29, 0.717) is 0 Å². The molecule has 0 saturated heterocycles. The highest BCUT2D eigenvalue weighted by molar-refractivity contribution is 7.09. The molecule has 0 aromatic carbocycles. The van der Waals surface area contributed by atoms with E-state index in [0.717, 1.165) is 10.7 Å². The SMILES string of the molecule is Cc1nc(CC(=O)N(C)CC(=O)N(C)C)cs1. The van der Waals surface area contributed by atoms with E-state index < -0.39 is 0 Å². The van der Waals surface area contributed by atoms with Gasteiger partial charge in [-0.3, -0.25) is 9.59 Å². The number of likely N-dealkylation sites (N-methyl/N-ethyl adjacent to an activating group) is 2. The molecule has 94 valence electrons. The van der Waals surface area contributed by atoms with Gasteiger partial charge in [0.25, 0.3) is 0 Å². The molecule has 0 bridgehead atoms. The van der Waals surface area contributed by atoms with Crippen LogP contribution in [0.15, 0.2) is 5.38 Å². The second-order valence-electron chi connectivity index (χ2n) is 4.07. The average molecular weight is 255 g/mol. The molecule has 0 spiro atoms. The summed E-state index contributed by atoms with van der Waals surface area (Å²) in [5, 5.41) is 2.81. The van der Waals surface area contributed by atoms with Crippen LogP contribution < -0.4 is 0 Å². The molecule has 0 aliphatic carbocycles. The second kappa shape index (κ2) is 5.77. The van der Waals surface area contributed by atoms with Crippen LogP contribution in [0.1, 0.15) is 10.7 Å². The van der Waals surface area contributed by atoms with Gasteiger partial charge in [0.2, 0.25) is 11.8 Å². The molecule has 6 heteroatoms. The van der Waals surface area contributed by atoms with Crippen LogP contribution in [0.25, 0.3) is 0 Å². The van der Waals surface area contributed by atoms with Crippen LogP contribution >= 0.6 is 11.3 Å². The normalized spacial score (nSPS) is 10.1. The maximum Gasteiger partial charge on any atom is 0.241 e. The van der Waals surface area contributed by atoms with E-state index in [9.17, 15) is 9.59 Å². The highest BCUT2D eigenvalue weighted by Gasteiger charge is 2.15. The molecule has 0 radical (unpaired) electrons. The van der Waals surface area contributed by atoms with E-state index in [1.54, 1.807) is 21.1 Å². The largest absolute Gasteiger partial charge is 0.347 e. The summed E-state index contributed by atoms with van der Waals surface area (Å²) in [6, 6.07) is 0. The molecule has 0 fully saturated rings. The monoisotopic (exact) mass is 255 g/mol. The molecule has 0 N–H and O–H groups in total. The molecule has 1 aromatic rings. The summed E-state index contributed by atoms with van der Waals surface area (Å²) in [5.41, 5.74) is 0.765. The maximum absolute atomic E-state index is 11.8. The van der Waals surface area contributed by atoms with Crippen molar-refractivity contribution in [3.63, 3.8) is 0 Å². The summed E-state index contributed by atoms with van der Waals surface area (Å²) in [5.74, 6) is -0.180. The third-order valence-corrected chi connectivity index (χ3v) is 3.12. The summed E-state index contributed by atoms with van der Waals surface area (Å²) in [7, 11) is 4.97. The summed E-state index contributed by atoms with van der Waals surface area (Å²) in [6.07, 6.45) is 0.252. The van der Waals surface area contributed by atoms with Gasteiger partial charge in [0.1, 0.15) is 0 Å². The van der Waals surface area contributed by atoms with E-state index >= 15 is 0 Å². The molecule has 17 heavy (non-hydrogen) atoms. The zero-order chi connectivity index (χ0) is 13.0. The summed E-state index contributed by atoms with van der Waals surface area (Å²) in [6.45, 7) is 2.01. The van der Waals surface area contributed by atoms with E-state index in [1.165, 1.54) is 21.1 Å². The van der Waals surface area contributed by atoms with Gasteiger partial charge < -0.3 is 9.80 Å². The fourth-order valence-electron chi connectivity index (χ4n) is 1.21. The third kappa shape index (κ3) is 4.14. The Morgan fingerprint density at radius 2 is 1.94 bits per heavy atom. The van der Waals surface area contributed by atoms with Gasteiger partial charge in [-0.2, -0.15) is 0 Å². The number of carbonyl (C=O) groups is 2. The minimum Gasteiger partial charge on any atom is -0.347 e. The predicted octanol–water partition coefficient (Wildman–Crippen LogP) is 0.541. The molecule has 0 unspecified atom stereocenters. The number of hydrogen-bond acceptors (Lipinski definition) is 4. The zero-order valence-corrected chi connectivity index (χ0v) is 11.4. The van der Waals surface area contributed by atoms with E-state index in [1.807, 2.05) is 12.3 Å². The van der Waals surface area contributed by atoms with Crippen molar-refractivity contribution in [3.8, 4) is 0 Å². The van der Waals surface area contributed by atoms with Crippen LogP contribution in [0.2, 0.25) is 0 Å². The molecular weight excluding hydrogens is 238 g/mol. The first-order valence-electron chi connectivity index (χ1n) is 5.25. The molecule has 1 heterocycles. The van der Waals surface area contributed by atoms with E-state index in [-0.39, 0.29) is 24.8 Å². The molecule has 0 aliphatic rings. The van der Waals surface area contributed by atoms with Gasteiger partial charge in [-0.15, -0.1) is 11.3 Å². The van der Waals surface area contributed by atoms with E-state index in [2.05, 4.69) is 4.98 Å². The first-order valence-corrected chi connectivity index (χ1v) is 6.13. The Morgan fingerprint density at radius 1 is 1.29 bits per heavy atom. The number of nitrogens with zero attached hydrogens (tertiary/aromatic N) is 3. The fraction of sp³-hybridized carbons (Fsp3) is 0.545. The van der Waals surface area contributed by atoms with Crippen LogP contribution in [0, 0.1) is 6.92 Å². The Balaban J connectivity index is 2.50. The van der Waals surface area contributed by atoms with Crippen LogP contribution in [0.4, 0.5) is 0 Å². The standard InChI is InChI=1S/C11H17N3O2S/c1-8-12-9(7-17-8)5-10(15)14(4)6-11(16)13(2)3/h7H,5-6H2,1-4H3. The Morgan fingerprint density at radius 3 is 2.41 bits per heavy atom. The van der Waals surface area contributed by atoms with Crippen molar-refractivity contribution in [2.75, 3.05) is 27.7 Å². The van der Waals surface area contributed by atoms with Crippen molar-refractivity contribution >= 4 is 23.2 Å².